The van der Waals surface area contributed by atoms with Crippen LogP contribution in [0.1, 0.15) is 24.2 Å². The zero-order valence-corrected chi connectivity index (χ0v) is 14.6. The van der Waals surface area contributed by atoms with Crippen molar-refractivity contribution in [3.8, 4) is 0 Å². The molecule has 128 valence electrons. The van der Waals surface area contributed by atoms with Gasteiger partial charge in [0.25, 0.3) is 5.91 Å². The summed E-state index contributed by atoms with van der Waals surface area (Å²) in [5.41, 5.74) is 0.389. The van der Waals surface area contributed by atoms with Crippen molar-refractivity contribution in [1.82, 2.24) is 15.1 Å². The highest BCUT2D eigenvalue weighted by atomic mass is 35.5. The first kappa shape index (κ1) is 18.2. The molecule has 0 radical (unpaired) electrons. The first-order valence-corrected chi connectivity index (χ1v) is 8.55. The predicted octanol–water partition coefficient (Wildman–Crippen LogP) is 2.48. The molecule has 0 bridgehead atoms. The first-order chi connectivity index (χ1) is 11.0. The number of hydrogen-bond donors (Lipinski definition) is 1. The fourth-order valence-electron chi connectivity index (χ4n) is 2.80. The Hall–Kier alpha value is -1.17. The molecule has 1 aromatic carbocycles. The molecular weight excluding hydrogens is 317 g/mol. The summed E-state index contributed by atoms with van der Waals surface area (Å²) in [6.45, 7) is 11.4. The number of nitrogens with one attached hydrogen (secondary N) is 1. The fraction of sp³-hybridized carbons (Fsp3) is 0.588. The van der Waals surface area contributed by atoms with Crippen LogP contribution in [-0.4, -0.2) is 61.5 Å². The SMILES string of the molecule is CCN1CCN(C[C@H](C)CNC(=O)c2ccc(F)c(Cl)c2)CC1. The zero-order valence-electron chi connectivity index (χ0n) is 13.8. The average molecular weight is 342 g/mol. The normalized spacial score (nSPS) is 17.9. The number of carbonyl (C=O) groups is 1. The Morgan fingerprint density at radius 3 is 2.57 bits per heavy atom. The van der Waals surface area contributed by atoms with Gasteiger partial charge in [0, 0.05) is 44.8 Å². The van der Waals surface area contributed by atoms with Crippen LogP contribution in [0.3, 0.4) is 0 Å². The minimum absolute atomic E-state index is 0.0282. The lowest BCUT2D eigenvalue weighted by atomic mass is 10.1. The van der Waals surface area contributed by atoms with Gasteiger partial charge in [-0.25, -0.2) is 4.39 Å². The summed E-state index contributed by atoms with van der Waals surface area (Å²) in [5, 5.41) is 2.87. The molecule has 1 saturated heterocycles. The van der Waals surface area contributed by atoms with Crippen molar-refractivity contribution < 1.29 is 9.18 Å². The van der Waals surface area contributed by atoms with Gasteiger partial charge in [-0.2, -0.15) is 0 Å². The monoisotopic (exact) mass is 341 g/mol. The van der Waals surface area contributed by atoms with Crippen molar-refractivity contribution in [2.75, 3.05) is 45.8 Å². The van der Waals surface area contributed by atoms with Crippen molar-refractivity contribution >= 4 is 17.5 Å². The smallest absolute Gasteiger partial charge is 0.251 e. The van der Waals surface area contributed by atoms with Gasteiger partial charge in [-0.1, -0.05) is 25.4 Å². The molecule has 1 aliphatic heterocycles. The lowest BCUT2D eigenvalue weighted by molar-refractivity contribution is 0.0933. The lowest BCUT2D eigenvalue weighted by Gasteiger charge is -2.35. The van der Waals surface area contributed by atoms with E-state index in [1.54, 1.807) is 0 Å². The van der Waals surface area contributed by atoms with E-state index in [4.69, 9.17) is 11.6 Å². The molecule has 1 heterocycles. The summed E-state index contributed by atoms with van der Waals surface area (Å²) in [5.74, 6) is -0.361. The molecule has 0 aliphatic carbocycles. The topological polar surface area (TPSA) is 35.6 Å². The van der Waals surface area contributed by atoms with E-state index < -0.39 is 5.82 Å². The van der Waals surface area contributed by atoms with Gasteiger partial charge in [0.1, 0.15) is 5.82 Å². The summed E-state index contributed by atoms with van der Waals surface area (Å²) in [6.07, 6.45) is 0. The Bertz CT molecular complexity index is 533. The highest BCUT2D eigenvalue weighted by molar-refractivity contribution is 6.31. The van der Waals surface area contributed by atoms with Crippen molar-refractivity contribution in [1.29, 1.82) is 0 Å². The number of carbonyl (C=O) groups excluding carboxylic acids is 1. The number of piperazine rings is 1. The van der Waals surface area contributed by atoms with Crippen molar-refractivity contribution in [2.24, 2.45) is 5.92 Å². The number of nitrogens with zero attached hydrogens (tertiary/aromatic N) is 2. The summed E-state index contributed by atoms with van der Waals surface area (Å²) in [7, 11) is 0. The average Bonchev–Trinajstić information content (AvgIpc) is 2.56. The standard InChI is InChI=1S/C17H25ClFN3O/c1-3-21-6-8-22(9-7-21)12-13(2)11-20-17(23)14-4-5-16(19)15(18)10-14/h4-5,10,13H,3,6-9,11-12H2,1-2H3,(H,20,23)/t13-/m1/s1. The van der Waals surface area contributed by atoms with Crippen LogP contribution in [-0.2, 0) is 0 Å². The minimum Gasteiger partial charge on any atom is -0.352 e. The molecule has 4 nitrogen and oxygen atoms in total. The van der Waals surface area contributed by atoms with E-state index in [1.807, 2.05) is 0 Å². The molecule has 2 rings (SSSR count). The van der Waals surface area contributed by atoms with Crippen LogP contribution < -0.4 is 5.32 Å². The number of hydrogen-bond acceptors (Lipinski definition) is 3. The fourth-order valence-corrected chi connectivity index (χ4v) is 2.98. The zero-order chi connectivity index (χ0) is 16.8. The van der Waals surface area contributed by atoms with Gasteiger partial charge in [0.15, 0.2) is 0 Å². The second-order valence-electron chi connectivity index (χ2n) is 6.18. The van der Waals surface area contributed by atoms with Crippen LogP contribution in [0, 0.1) is 11.7 Å². The number of benzene rings is 1. The maximum Gasteiger partial charge on any atom is 0.251 e. The third-order valence-electron chi connectivity index (χ3n) is 4.27. The second-order valence-corrected chi connectivity index (χ2v) is 6.59. The van der Waals surface area contributed by atoms with Gasteiger partial charge in [0.05, 0.1) is 5.02 Å². The van der Waals surface area contributed by atoms with E-state index in [0.717, 1.165) is 39.3 Å². The van der Waals surface area contributed by atoms with E-state index in [0.29, 0.717) is 18.0 Å². The Balaban J connectivity index is 1.74. The molecular formula is C17H25ClFN3O. The molecule has 1 N–H and O–H groups in total. The van der Waals surface area contributed by atoms with Gasteiger partial charge in [-0.15, -0.1) is 0 Å². The third-order valence-corrected chi connectivity index (χ3v) is 4.56. The molecule has 6 heteroatoms. The van der Waals surface area contributed by atoms with E-state index in [-0.39, 0.29) is 10.9 Å². The van der Waals surface area contributed by atoms with E-state index in [2.05, 4.69) is 29.0 Å². The summed E-state index contributed by atoms with van der Waals surface area (Å²) in [4.78, 5) is 17.0. The van der Waals surface area contributed by atoms with Crippen LogP contribution in [0.2, 0.25) is 5.02 Å². The Labute approximate surface area is 142 Å². The largest absolute Gasteiger partial charge is 0.352 e. The molecule has 1 aromatic rings. The lowest BCUT2D eigenvalue weighted by Crippen LogP contribution is -2.48. The van der Waals surface area contributed by atoms with Gasteiger partial charge >= 0.3 is 0 Å². The number of likely N-dealkylation sites (N-methyl/N-ethyl adjacent to an activating group) is 1. The number of amides is 1. The first-order valence-electron chi connectivity index (χ1n) is 8.17. The number of rotatable bonds is 6. The maximum atomic E-state index is 13.1. The maximum absolute atomic E-state index is 13.1. The highest BCUT2D eigenvalue weighted by Crippen LogP contribution is 2.16. The molecule has 0 aromatic heterocycles. The Morgan fingerprint density at radius 2 is 1.96 bits per heavy atom. The summed E-state index contributed by atoms with van der Waals surface area (Å²) < 4.78 is 13.1. The summed E-state index contributed by atoms with van der Waals surface area (Å²) >= 11 is 5.71. The van der Waals surface area contributed by atoms with E-state index in [9.17, 15) is 9.18 Å². The third kappa shape index (κ3) is 5.44. The minimum atomic E-state index is -0.511. The molecule has 1 amide bonds. The molecule has 1 fully saturated rings. The Morgan fingerprint density at radius 1 is 1.30 bits per heavy atom. The van der Waals surface area contributed by atoms with Crippen molar-refractivity contribution in [3.05, 3.63) is 34.6 Å². The molecule has 0 spiro atoms. The molecule has 1 atom stereocenters. The predicted molar refractivity (Wildman–Crippen MR) is 91.5 cm³/mol. The quantitative estimate of drug-likeness (QED) is 0.863. The van der Waals surface area contributed by atoms with Crippen molar-refractivity contribution in [3.63, 3.8) is 0 Å². The van der Waals surface area contributed by atoms with Crippen LogP contribution >= 0.6 is 11.6 Å². The molecule has 1 aliphatic rings. The number of halogens is 2. The van der Waals surface area contributed by atoms with Crippen LogP contribution in [0.5, 0.6) is 0 Å². The highest BCUT2D eigenvalue weighted by Gasteiger charge is 2.18. The van der Waals surface area contributed by atoms with Gasteiger partial charge < -0.3 is 15.1 Å². The summed E-state index contributed by atoms with van der Waals surface area (Å²) in [6, 6.07) is 4.03. The van der Waals surface area contributed by atoms with E-state index in [1.165, 1.54) is 18.2 Å². The molecule has 23 heavy (non-hydrogen) atoms. The molecule has 0 saturated carbocycles. The van der Waals surface area contributed by atoms with Gasteiger partial charge in [-0.05, 0) is 30.7 Å². The molecule has 0 unspecified atom stereocenters. The van der Waals surface area contributed by atoms with Crippen LogP contribution in [0.25, 0.3) is 0 Å². The van der Waals surface area contributed by atoms with Gasteiger partial charge in [0.2, 0.25) is 0 Å². The van der Waals surface area contributed by atoms with Crippen LogP contribution in [0.15, 0.2) is 18.2 Å². The van der Waals surface area contributed by atoms with E-state index >= 15 is 0 Å². The van der Waals surface area contributed by atoms with Crippen LogP contribution in [0.4, 0.5) is 4.39 Å². The Kier molecular flexibility index (Phi) is 6.81. The van der Waals surface area contributed by atoms with Crippen molar-refractivity contribution in [2.45, 2.75) is 13.8 Å². The second kappa shape index (κ2) is 8.62. The van der Waals surface area contributed by atoms with Gasteiger partial charge in [-0.3, -0.25) is 4.79 Å².